The average Bonchev–Trinajstić information content (AvgIpc) is 3.20. The molecule has 37 heavy (non-hydrogen) atoms. The maximum atomic E-state index is 2.52. The van der Waals surface area contributed by atoms with Crippen molar-refractivity contribution < 1.29 is 0 Å². The molecule has 0 saturated heterocycles. The first kappa shape index (κ1) is 22.0. The van der Waals surface area contributed by atoms with Crippen LogP contribution in [0.15, 0.2) is 115 Å². The van der Waals surface area contributed by atoms with E-state index in [0.717, 1.165) is 6.42 Å². The maximum Gasteiger partial charge on any atom is 0.125 e. The molecule has 0 fully saturated rings. The van der Waals surface area contributed by atoms with Crippen molar-refractivity contribution in [3.05, 3.63) is 115 Å². The maximum absolute atomic E-state index is 2.52. The number of likely N-dealkylation sites (N-methyl/N-ethyl adjacent to an activating group) is 1. The number of para-hydroxylation sites is 3. The van der Waals surface area contributed by atoms with Gasteiger partial charge in [0.1, 0.15) is 6.17 Å². The quantitative estimate of drug-likeness (QED) is 0.284. The molecule has 2 aliphatic heterocycles. The second-order valence-electron chi connectivity index (χ2n) is 10.4. The normalized spacial score (nSPS) is 20.2. The molecule has 3 aromatic carbocycles. The molecule has 3 aliphatic rings. The number of hydrogen-bond donors (Lipinski definition) is 0. The molecule has 2 unspecified atom stereocenters. The fourth-order valence-electron chi connectivity index (χ4n) is 6.21. The molecule has 0 N–H and O–H groups in total. The zero-order chi connectivity index (χ0) is 25.1. The number of nitrogens with zero attached hydrogens (tertiary/aromatic N) is 3. The fraction of sp³-hybridized carbons (Fsp3) is 0.176. The third-order valence-corrected chi connectivity index (χ3v) is 8.07. The number of allylic oxidation sites excluding steroid dienone is 7. The van der Waals surface area contributed by atoms with Gasteiger partial charge in [0, 0.05) is 40.5 Å². The van der Waals surface area contributed by atoms with Crippen LogP contribution in [0.3, 0.4) is 0 Å². The second-order valence-corrected chi connectivity index (χ2v) is 10.4. The molecule has 1 aliphatic carbocycles. The Morgan fingerprint density at radius 3 is 2.35 bits per heavy atom. The van der Waals surface area contributed by atoms with Crippen molar-refractivity contribution in [3.63, 3.8) is 0 Å². The summed E-state index contributed by atoms with van der Waals surface area (Å²) in [4.78, 5) is 4.88. The lowest BCUT2D eigenvalue weighted by molar-refractivity contribution is 0.353. The summed E-state index contributed by atoms with van der Waals surface area (Å²) in [6.45, 7) is 4.49. The third kappa shape index (κ3) is 3.27. The lowest BCUT2D eigenvalue weighted by Crippen LogP contribution is -2.43. The van der Waals surface area contributed by atoms with E-state index in [1.807, 2.05) is 0 Å². The minimum absolute atomic E-state index is 0.0739. The van der Waals surface area contributed by atoms with Gasteiger partial charge in [-0.3, -0.25) is 0 Å². The SMILES string of the molecule is CC1=CC=CC(N2c3ccccc3-c3c(n(C4=CC(C)CC=C4)c4ccccc34)-c3ccccc32)N1C. The van der Waals surface area contributed by atoms with Gasteiger partial charge in [-0.25, -0.2) is 0 Å². The highest BCUT2D eigenvalue weighted by Gasteiger charge is 2.34. The summed E-state index contributed by atoms with van der Waals surface area (Å²) in [5, 5.41) is 1.29. The fourth-order valence-corrected chi connectivity index (χ4v) is 6.21. The zero-order valence-electron chi connectivity index (χ0n) is 21.6. The van der Waals surface area contributed by atoms with E-state index >= 15 is 0 Å². The summed E-state index contributed by atoms with van der Waals surface area (Å²) in [7, 11) is 2.19. The first-order chi connectivity index (χ1) is 18.1. The summed E-state index contributed by atoms with van der Waals surface area (Å²) in [6, 6.07) is 26.7. The highest BCUT2D eigenvalue weighted by Crippen LogP contribution is 2.53. The molecule has 0 radical (unpaired) electrons. The van der Waals surface area contributed by atoms with Crippen LogP contribution in [0.25, 0.3) is 39.0 Å². The van der Waals surface area contributed by atoms with Gasteiger partial charge in [0.05, 0.1) is 22.6 Å². The van der Waals surface area contributed by atoms with Crippen LogP contribution in [0.1, 0.15) is 20.3 Å². The van der Waals surface area contributed by atoms with Gasteiger partial charge in [0.2, 0.25) is 0 Å². The van der Waals surface area contributed by atoms with Crippen LogP contribution in [-0.4, -0.2) is 22.7 Å². The van der Waals surface area contributed by atoms with Gasteiger partial charge < -0.3 is 14.4 Å². The smallest absolute Gasteiger partial charge is 0.125 e. The summed E-state index contributed by atoms with van der Waals surface area (Å²) in [5.74, 6) is 0.511. The Balaban J connectivity index is 1.62. The molecule has 3 heteroatoms. The Kier molecular flexibility index (Phi) is 5.00. The van der Waals surface area contributed by atoms with Crippen LogP contribution in [0, 0.1) is 5.92 Å². The molecule has 0 spiro atoms. The van der Waals surface area contributed by atoms with Crippen molar-refractivity contribution >= 4 is 28.0 Å². The Hall–Kier alpha value is -4.24. The molecular formula is C34H31N3. The van der Waals surface area contributed by atoms with Gasteiger partial charge in [-0.1, -0.05) is 79.7 Å². The zero-order valence-corrected chi connectivity index (χ0v) is 21.6. The van der Waals surface area contributed by atoms with E-state index in [0.29, 0.717) is 5.92 Å². The van der Waals surface area contributed by atoms with Gasteiger partial charge in [-0.05, 0) is 55.7 Å². The highest BCUT2D eigenvalue weighted by molar-refractivity contribution is 6.12. The van der Waals surface area contributed by atoms with E-state index in [4.69, 9.17) is 0 Å². The Morgan fingerprint density at radius 1 is 0.838 bits per heavy atom. The first-order valence-electron chi connectivity index (χ1n) is 13.2. The number of fused-ring (bicyclic) bond motifs is 7. The van der Waals surface area contributed by atoms with Gasteiger partial charge >= 0.3 is 0 Å². The van der Waals surface area contributed by atoms with Crippen molar-refractivity contribution in [1.82, 2.24) is 9.47 Å². The summed E-state index contributed by atoms with van der Waals surface area (Å²) in [6.07, 6.45) is 14.9. The van der Waals surface area contributed by atoms with Crippen LogP contribution < -0.4 is 4.90 Å². The largest absolute Gasteiger partial charge is 0.354 e. The summed E-state index contributed by atoms with van der Waals surface area (Å²) in [5.41, 5.74) is 11.3. The van der Waals surface area contributed by atoms with Crippen molar-refractivity contribution in [3.8, 4) is 22.4 Å². The van der Waals surface area contributed by atoms with Crippen LogP contribution in [0.2, 0.25) is 0 Å². The van der Waals surface area contributed by atoms with E-state index < -0.39 is 0 Å². The van der Waals surface area contributed by atoms with Crippen LogP contribution in [-0.2, 0) is 0 Å². The predicted molar refractivity (Wildman–Crippen MR) is 157 cm³/mol. The van der Waals surface area contributed by atoms with Crippen LogP contribution in [0.5, 0.6) is 0 Å². The average molecular weight is 482 g/mol. The molecule has 1 aromatic heterocycles. The van der Waals surface area contributed by atoms with E-state index in [1.54, 1.807) is 0 Å². The van der Waals surface area contributed by atoms with Crippen LogP contribution >= 0.6 is 0 Å². The van der Waals surface area contributed by atoms with E-state index in [1.165, 1.54) is 56.1 Å². The monoisotopic (exact) mass is 481 g/mol. The van der Waals surface area contributed by atoms with Crippen molar-refractivity contribution in [1.29, 1.82) is 0 Å². The molecule has 3 nitrogen and oxygen atoms in total. The number of benzene rings is 3. The van der Waals surface area contributed by atoms with Gasteiger partial charge in [0.25, 0.3) is 0 Å². The van der Waals surface area contributed by atoms with Crippen molar-refractivity contribution in [2.75, 3.05) is 11.9 Å². The predicted octanol–water partition coefficient (Wildman–Crippen LogP) is 8.60. The number of hydrogen-bond acceptors (Lipinski definition) is 2. The minimum Gasteiger partial charge on any atom is -0.354 e. The summed E-state index contributed by atoms with van der Waals surface area (Å²) >= 11 is 0. The molecule has 0 amide bonds. The topological polar surface area (TPSA) is 11.4 Å². The van der Waals surface area contributed by atoms with E-state index in [-0.39, 0.29) is 6.17 Å². The Morgan fingerprint density at radius 2 is 1.54 bits per heavy atom. The van der Waals surface area contributed by atoms with Gasteiger partial charge in [-0.15, -0.1) is 0 Å². The van der Waals surface area contributed by atoms with Crippen molar-refractivity contribution in [2.24, 2.45) is 5.92 Å². The standard InChI is InChI=1S/C34H31N3/c1-23-12-10-14-25(22-23)36-29-18-7-4-15-26(29)33-27-16-5-8-19-30(27)37(32-21-11-13-24(2)35(32)3)31-20-9-6-17-28(31)34(33)36/h4-11,13-23,32H,12H2,1-3H3. The molecule has 0 bridgehead atoms. The first-order valence-corrected chi connectivity index (χ1v) is 13.2. The molecule has 0 saturated carbocycles. The molecular weight excluding hydrogens is 450 g/mol. The minimum atomic E-state index is 0.0739. The number of anilines is 2. The van der Waals surface area contributed by atoms with Crippen LogP contribution in [0.4, 0.5) is 11.4 Å². The molecule has 7 rings (SSSR count). The lowest BCUT2D eigenvalue weighted by Gasteiger charge is -2.41. The number of aromatic nitrogens is 1. The number of rotatable bonds is 2. The summed E-state index contributed by atoms with van der Waals surface area (Å²) < 4.78 is 2.50. The third-order valence-electron chi connectivity index (χ3n) is 8.07. The Bertz CT molecular complexity index is 1660. The molecule has 4 aromatic rings. The molecule has 2 atom stereocenters. The van der Waals surface area contributed by atoms with Crippen molar-refractivity contribution in [2.45, 2.75) is 26.4 Å². The van der Waals surface area contributed by atoms with E-state index in [9.17, 15) is 0 Å². The molecule has 182 valence electrons. The second kappa shape index (κ2) is 8.41. The highest BCUT2D eigenvalue weighted by atomic mass is 15.4. The van der Waals surface area contributed by atoms with Gasteiger partial charge in [0.15, 0.2) is 0 Å². The molecule has 3 heterocycles. The Labute approximate surface area is 218 Å². The van der Waals surface area contributed by atoms with Gasteiger partial charge in [-0.2, -0.15) is 0 Å². The lowest BCUT2D eigenvalue weighted by atomic mass is 9.98. The van der Waals surface area contributed by atoms with E-state index in [2.05, 4.69) is 145 Å².